The van der Waals surface area contributed by atoms with E-state index >= 15 is 0 Å². The summed E-state index contributed by atoms with van der Waals surface area (Å²) in [5.41, 5.74) is 21.7. The third-order valence-electron chi connectivity index (χ3n) is 18.0. The fraction of sp³-hybridized carbons (Fsp3) is 0.0759. The normalized spacial score (nSPS) is 13.6. The van der Waals surface area contributed by atoms with Crippen LogP contribution in [-0.2, 0) is 10.8 Å². The largest absolute Gasteiger partial charge is 0.208 e. The van der Waals surface area contributed by atoms with Gasteiger partial charge in [0.05, 0.1) is 0 Å². The molecule has 16 rings (SSSR count). The van der Waals surface area contributed by atoms with Crippen molar-refractivity contribution in [3.05, 3.63) is 283 Å². The van der Waals surface area contributed by atoms with Gasteiger partial charge in [-0.3, -0.25) is 0 Å². The van der Waals surface area contributed by atoms with Crippen LogP contribution >= 0.6 is 0 Å². The highest BCUT2D eigenvalue weighted by Crippen LogP contribution is 2.59. The summed E-state index contributed by atoms with van der Waals surface area (Å²) in [7, 11) is 0. The molecule has 0 atom stereocenters. The lowest BCUT2D eigenvalue weighted by Gasteiger charge is -2.26. The van der Waals surface area contributed by atoms with Gasteiger partial charge in [-0.15, -0.1) is 0 Å². The van der Waals surface area contributed by atoms with Crippen LogP contribution in [0.2, 0.25) is 0 Å². The number of hydrogen-bond acceptors (Lipinski definition) is 3. The van der Waals surface area contributed by atoms with Gasteiger partial charge in [0.1, 0.15) is 0 Å². The summed E-state index contributed by atoms with van der Waals surface area (Å²) in [5, 5.41) is 10.1. The predicted octanol–water partition coefficient (Wildman–Crippen LogP) is 20.8. The number of benzene rings is 13. The maximum absolute atomic E-state index is 5.64. The summed E-state index contributed by atoms with van der Waals surface area (Å²) in [6.45, 7) is 9.67. The Balaban J connectivity index is 0.931. The molecule has 0 amide bonds. The van der Waals surface area contributed by atoms with Crippen molar-refractivity contribution >= 4 is 43.1 Å². The zero-order valence-electron chi connectivity index (χ0n) is 46.2. The van der Waals surface area contributed by atoms with Crippen molar-refractivity contribution in [1.82, 2.24) is 15.0 Å². The Morgan fingerprint density at radius 2 is 0.537 bits per heavy atom. The van der Waals surface area contributed by atoms with Gasteiger partial charge in [-0.25, -0.2) is 15.0 Å². The van der Waals surface area contributed by atoms with E-state index in [0.29, 0.717) is 17.5 Å². The monoisotopic (exact) mass is 1050 g/mol. The van der Waals surface area contributed by atoms with Crippen LogP contribution in [0.4, 0.5) is 0 Å². The number of aromatic nitrogens is 3. The molecule has 3 heteroatoms. The van der Waals surface area contributed by atoms with E-state index < -0.39 is 0 Å². The zero-order chi connectivity index (χ0) is 54.8. The Bertz CT molecular complexity index is 4680. The summed E-state index contributed by atoms with van der Waals surface area (Å²) in [6.07, 6.45) is 0. The molecule has 3 nitrogen and oxygen atoms in total. The van der Waals surface area contributed by atoms with Gasteiger partial charge >= 0.3 is 0 Å². The van der Waals surface area contributed by atoms with Gasteiger partial charge < -0.3 is 0 Å². The first-order valence-corrected chi connectivity index (χ1v) is 28.6. The number of fused-ring (bicyclic) bond motifs is 14. The Hall–Kier alpha value is -10.1. The summed E-state index contributed by atoms with van der Waals surface area (Å²) in [5.74, 6) is 1.85. The summed E-state index contributed by atoms with van der Waals surface area (Å²) in [6, 6.07) is 95.4. The smallest absolute Gasteiger partial charge is 0.164 e. The Morgan fingerprint density at radius 1 is 0.207 bits per heavy atom. The molecule has 0 aliphatic heterocycles. The lowest BCUT2D eigenvalue weighted by atomic mass is 9.77. The van der Waals surface area contributed by atoms with E-state index in [1.807, 2.05) is 0 Å². The van der Waals surface area contributed by atoms with Crippen LogP contribution in [0.1, 0.15) is 49.9 Å². The summed E-state index contributed by atoms with van der Waals surface area (Å²) >= 11 is 0. The van der Waals surface area contributed by atoms with Crippen molar-refractivity contribution in [3.63, 3.8) is 0 Å². The molecule has 0 fully saturated rings. The predicted molar refractivity (Wildman–Crippen MR) is 343 cm³/mol. The van der Waals surface area contributed by atoms with Crippen LogP contribution in [0, 0.1) is 0 Å². The van der Waals surface area contributed by atoms with Crippen LogP contribution in [0.5, 0.6) is 0 Å². The molecule has 82 heavy (non-hydrogen) atoms. The van der Waals surface area contributed by atoms with Crippen LogP contribution in [0.3, 0.4) is 0 Å². The fourth-order valence-electron chi connectivity index (χ4n) is 13.8. The van der Waals surface area contributed by atoms with Gasteiger partial charge in [-0.05, 0) is 193 Å². The minimum absolute atomic E-state index is 0.229. The quantitative estimate of drug-likeness (QED) is 0.149. The first kappa shape index (κ1) is 47.9. The SMILES string of the molecule is CC1(C)c2cc3c(cc2-c2cc4c5ccccc5c5ccccc5c4cc21)-c1c(cc(-c2nc(-c4cc(-c5ccccc5)cc(-c5ccccc5)c4)nc(-c4cc(-c5ccccc5)cc(-c5ccccc5)c4)n2)c2ccccc12)C3(C)C. The van der Waals surface area contributed by atoms with E-state index in [1.165, 1.54) is 82.2 Å². The first-order valence-electron chi connectivity index (χ1n) is 28.6. The molecule has 2 aliphatic rings. The highest BCUT2D eigenvalue weighted by molar-refractivity contribution is 6.26. The van der Waals surface area contributed by atoms with E-state index in [1.54, 1.807) is 0 Å². The lowest BCUT2D eigenvalue weighted by Crippen LogP contribution is -2.19. The maximum Gasteiger partial charge on any atom is 0.164 e. The van der Waals surface area contributed by atoms with E-state index in [9.17, 15) is 0 Å². The Kier molecular flexibility index (Phi) is 10.6. The molecule has 0 radical (unpaired) electrons. The summed E-state index contributed by atoms with van der Waals surface area (Å²) in [4.78, 5) is 16.8. The molecular formula is C79H55N3. The van der Waals surface area contributed by atoms with Crippen molar-refractivity contribution in [2.45, 2.75) is 38.5 Å². The van der Waals surface area contributed by atoms with Gasteiger partial charge in [0, 0.05) is 27.5 Å². The first-order chi connectivity index (χ1) is 40.1. The molecule has 0 bridgehead atoms. The van der Waals surface area contributed by atoms with Crippen molar-refractivity contribution in [1.29, 1.82) is 0 Å². The Labute approximate surface area is 478 Å². The molecule has 0 saturated carbocycles. The van der Waals surface area contributed by atoms with Crippen LogP contribution < -0.4 is 0 Å². The second-order valence-corrected chi connectivity index (χ2v) is 23.5. The Morgan fingerprint density at radius 3 is 1.00 bits per heavy atom. The molecule has 14 aromatic rings. The minimum atomic E-state index is -0.359. The standard InChI is InChI=1S/C79H55N3/c1-78(2)70-45-65-61-34-20-18-32-59(61)58-31-17-19-33-60(58)64(65)43-66(70)67-44-69-72(47-71(67)78)79(3,4)73-46-68(62-35-21-22-36-63(62)74(69)73)77-81-75(56-39-52(48-23-9-5-10-24-48)37-53(40-56)49-25-11-6-12-26-49)80-76(82-77)57-41-54(50-27-13-7-14-28-50)38-55(42-57)51-29-15-8-16-30-51/h5-47H,1-4H3. The maximum atomic E-state index is 5.64. The van der Waals surface area contributed by atoms with Crippen molar-refractivity contribution in [2.24, 2.45) is 0 Å². The second-order valence-electron chi connectivity index (χ2n) is 23.5. The molecule has 0 unspecified atom stereocenters. The third-order valence-corrected chi connectivity index (χ3v) is 18.0. The summed E-state index contributed by atoms with van der Waals surface area (Å²) < 4.78 is 0. The van der Waals surface area contributed by atoms with Crippen LogP contribution in [0.25, 0.3) is 144 Å². The van der Waals surface area contributed by atoms with Crippen molar-refractivity contribution < 1.29 is 0 Å². The van der Waals surface area contributed by atoms with E-state index in [-0.39, 0.29) is 10.8 Å². The van der Waals surface area contributed by atoms with Gasteiger partial charge in [-0.1, -0.05) is 228 Å². The highest BCUT2D eigenvalue weighted by atomic mass is 15.0. The van der Waals surface area contributed by atoms with E-state index in [0.717, 1.165) is 66.6 Å². The minimum Gasteiger partial charge on any atom is -0.208 e. The highest BCUT2D eigenvalue weighted by Gasteiger charge is 2.43. The molecule has 0 spiro atoms. The molecular weight excluding hydrogens is 991 g/mol. The fourth-order valence-corrected chi connectivity index (χ4v) is 13.8. The van der Waals surface area contributed by atoms with Crippen molar-refractivity contribution in [2.75, 3.05) is 0 Å². The molecule has 0 N–H and O–H groups in total. The number of hydrogen-bond donors (Lipinski definition) is 0. The molecule has 2 aliphatic carbocycles. The van der Waals surface area contributed by atoms with Crippen LogP contribution in [-0.4, -0.2) is 15.0 Å². The molecule has 386 valence electrons. The topological polar surface area (TPSA) is 38.7 Å². The van der Waals surface area contributed by atoms with Gasteiger partial charge in [-0.2, -0.15) is 0 Å². The van der Waals surface area contributed by atoms with Crippen LogP contribution in [0.15, 0.2) is 261 Å². The lowest BCUT2D eigenvalue weighted by molar-refractivity contribution is 0.640. The van der Waals surface area contributed by atoms with E-state index in [4.69, 9.17) is 15.0 Å². The van der Waals surface area contributed by atoms with E-state index in [2.05, 4.69) is 289 Å². The zero-order valence-corrected chi connectivity index (χ0v) is 46.2. The average molecular weight is 1050 g/mol. The molecule has 1 heterocycles. The average Bonchev–Trinajstić information content (AvgIpc) is 2.24. The third kappa shape index (κ3) is 7.46. The molecule has 0 saturated heterocycles. The molecule has 13 aromatic carbocycles. The van der Waals surface area contributed by atoms with Gasteiger partial charge in [0.25, 0.3) is 0 Å². The van der Waals surface area contributed by atoms with Gasteiger partial charge in [0.15, 0.2) is 17.5 Å². The molecule has 1 aromatic heterocycles. The second kappa shape index (κ2) is 18.2. The van der Waals surface area contributed by atoms with Gasteiger partial charge in [0.2, 0.25) is 0 Å². The van der Waals surface area contributed by atoms with Crippen molar-refractivity contribution in [3.8, 4) is 101 Å². The number of rotatable bonds is 7. The number of nitrogens with zero attached hydrogens (tertiary/aromatic N) is 3.